The molecule has 6 heteroatoms. The van der Waals surface area contributed by atoms with Crippen LogP contribution < -0.4 is 5.32 Å². The van der Waals surface area contributed by atoms with Crippen molar-refractivity contribution in [3.63, 3.8) is 0 Å². The van der Waals surface area contributed by atoms with E-state index in [0.29, 0.717) is 21.8 Å². The summed E-state index contributed by atoms with van der Waals surface area (Å²) in [5.41, 5.74) is 2.30. The van der Waals surface area contributed by atoms with E-state index in [-0.39, 0.29) is 5.91 Å². The molecule has 0 aliphatic rings. The lowest BCUT2D eigenvalue weighted by atomic mass is 10.2. The van der Waals surface area contributed by atoms with Crippen molar-refractivity contribution in [3.8, 4) is 0 Å². The van der Waals surface area contributed by atoms with Gasteiger partial charge in [-0.2, -0.15) is 0 Å². The second-order valence-corrected chi connectivity index (χ2v) is 6.34. The summed E-state index contributed by atoms with van der Waals surface area (Å²) in [7, 11) is 0. The molecule has 0 aliphatic carbocycles. The van der Waals surface area contributed by atoms with Gasteiger partial charge in [0, 0.05) is 21.3 Å². The Kier molecular flexibility index (Phi) is 3.69. The third-order valence-electron chi connectivity index (χ3n) is 3.19. The van der Waals surface area contributed by atoms with Gasteiger partial charge in [0.25, 0.3) is 5.91 Å². The third kappa shape index (κ3) is 2.80. The summed E-state index contributed by atoms with van der Waals surface area (Å²) in [5, 5.41) is 6.84. The van der Waals surface area contributed by atoms with E-state index in [0.717, 1.165) is 16.6 Å². The van der Waals surface area contributed by atoms with Crippen LogP contribution in [-0.2, 0) is 0 Å². The van der Waals surface area contributed by atoms with Crippen LogP contribution in [0.15, 0.2) is 29.6 Å². The molecule has 2 N–H and O–H groups in total. The average molecular weight is 320 g/mol. The fraction of sp³-hybridized carbons (Fsp3) is 0.200. The van der Waals surface area contributed by atoms with Gasteiger partial charge in [0.1, 0.15) is 5.69 Å². The molecule has 0 saturated heterocycles. The van der Waals surface area contributed by atoms with Gasteiger partial charge in [-0.1, -0.05) is 31.5 Å². The SMILES string of the molecule is CC(C)c1csc(NC(=O)c2cc3c(Cl)cccc3[nH]2)n1. The van der Waals surface area contributed by atoms with E-state index in [2.05, 4.69) is 29.1 Å². The quantitative estimate of drug-likeness (QED) is 0.738. The Balaban J connectivity index is 1.84. The lowest BCUT2D eigenvalue weighted by Crippen LogP contribution is -2.12. The van der Waals surface area contributed by atoms with Crippen molar-refractivity contribution >= 4 is 44.9 Å². The zero-order valence-electron chi connectivity index (χ0n) is 11.6. The fourth-order valence-electron chi connectivity index (χ4n) is 2.01. The summed E-state index contributed by atoms with van der Waals surface area (Å²) in [6.45, 7) is 4.14. The summed E-state index contributed by atoms with van der Waals surface area (Å²) in [6.07, 6.45) is 0. The van der Waals surface area contributed by atoms with Crippen LogP contribution in [0.1, 0.15) is 35.9 Å². The Hall–Kier alpha value is -1.85. The number of carbonyl (C=O) groups is 1. The van der Waals surface area contributed by atoms with Crippen molar-refractivity contribution in [2.75, 3.05) is 5.32 Å². The number of thiazole rings is 1. The Labute approximate surface area is 131 Å². The van der Waals surface area contributed by atoms with Crippen LogP contribution in [0.5, 0.6) is 0 Å². The number of hydrogen-bond donors (Lipinski definition) is 2. The number of fused-ring (bicyclic) bond motifs is 1. The minimum atomic E-state index is -0.216. The highest BCUT2D eigenvalue weighted by atomic mass is 35.5. The number of halogens is 1. The number of hydrogen-bond acceptors (Lipinski definition) is 3. The molecule has 2 heterocycles. The van der Waals surface area contributed by atoms with Gasteiger partial charge in [-0.15, -0.1) is 11.3 Å². The number of nitrogens with one attached hydrogen (secondary N) is 2. The monoisotopic (exact) mass is 319 g/mol. The smallest absolute Gasteiger partial charge is 0.273 e. The van der Waals surface area contributed by atoms with E-state index in [4.69, 9.17) is 11.6 Å². The van der Waals surface area contributed by atoms with Crippen LogP contribution in [-0.4, -0.2) is 15.9 Å². The molecule has 0 radical (unpaired) electrons. The lowest BCUT2D eigenvalue weighted by molar-refractivity contribution is 0.102. The number of anilines is 1. The number of carbonyl (C=O) groups excluding carboxylic acids is 1. The molecule has 0 atom stereocenters. The van der Waals surface area contributed by atoms with Gasteiger partial charge in [0.05, 0.1) is 5.69 Å². The minimum absolute atomic E-state index is 0.216. The molecule has 1 aromatic carbocycles. The Morgan fingerprint density at radius 2 is 2.24 bits per heavy atom. The standard InChI is InChI=1S/C15H14ClN3OS/c1-8(2)13-7-21-15(18-13)19-14(20)12-6-9-10(16)4-3-5-11(9)17-12/h3-8,17H,1-2H3,(H,18,19,20). The zero-order chi connectivity index (χ0) is 15.0. The molecular formula is C15H14ClN3OS. The summed E-state index contributed by atoms with van der Waals surface area (Å²) < 4.78 is 0. The number of H-pyrrole nitrogens is 1. The Bertz CT molecular complexity index is 806. The summed E-state index contributed by atoms with van der Waals surface area (Å²) in [5.74, 6) is 0.130. The van der Waals surface area contributed by atoms with Crippen LogP contribution >= 0.6 is 22.9 Å². The van der Waals surface area contributed by atoms with Gasteiger partial charge in [0.2, 0.25) is 0 Å². The van der Waals surface area contributed by atoms with Crippen molar-refractivity contribution in [1.29, 1.82) is 0 Å². The van der Waals surface area contributed by atoms with E-state index in [1.807, 2.05) is 17.5 Å². The van der Waals surface area contributed by atoms with Crippen molar-refractivity contribution < 1.29 is 4.79 Å². The number of aromatic nitrogens is 2. The molecule has 108 valence electrons. The number of amides is 1. The largest absolute Gasteiger partial charge is 0.350 e. The molecular weight excluding hydrogens is 306 g/mol. The third-order valence-corrected chi connectivity index (χ3v) is 4.30. The first-order chi connectivity index (χ1) is 10.0. The minimum Gasteiger partial charge on any atom is -0.350 e. The van der Waals surface area contributed by atoms with Crippen molar-refractivity contribution in [2.24, 2.45) is 0 Å². The lowest BCUT2D eigenvalue weighted by Gasteiger charge is -1.99. The molecule has 1 amide bonds. The number of benzene rings is 1. The molecule has 4 nitrogen and oxygen atoms in total. The zero-order valence-corrected chi connectivity index (χ0v) is 13.2. The van der Waals surface area contributed by atoms with Crippen LogP contribution in [0.4, 0.5) is 5.13 Å². The van der Waals surface area contributed by atoms with Gasteiger partial charge in [-0.25, -0.2) is 4.98 Å². The van der Waals surface area contributed by atoms with Crippen LogP contribution in [0.25, 0.3) is 10.9 Å². The molecule has 0 unspecified atom stereocenters. The number of nitrogens with zero attached hydrogens (tertiary/aromatic N) is 1. The van der Waals surface area contributed by atoms with E-state index in [1.54, 1.807) is 12.1 Å². The molecule has 0 spiro atoms. The van der Waals surface area contributed by atoms with Crippen molar-refractivity contribution in [3.05, 3.63) is 46.1 Å². The molecule has 21 heavy (non-hydrogen) atoms. The highest BCUT2D eigenvalue weighted by Crippen LogP contribution is 2.25. The van der Waals surface area contributed by atoms with E-state index in [1.165, 1.54) is 11.3 Å². The van der Waals surface area contributed by atoms with Gasteiger partial charge in [-0.3, -0.25) is 10.1 Å². The van der Waals surface area contributed by atoms with E-state index >= 15 is 0 Å². The molecule has 0 bridgehead atoms. The molecule has 0 fully saturated rings. The van der Waals surface area contributed by atoms with Gasteiger partial charge < -0.3 is 4.98 Å². The summed E-state index contributed by atoms with van der Waals surface area (Å²) in [4.78, 5) is 19.7. The maximum atomic E-state index is 12.3. The maximum absolute atomic E-state index is 12.3. The van der Waals surface area contributed by atoms with Crippen LogP contribution in [0.2, 0.25) is 5.02 Å². The fourth-order valence-corrected chi connectivity index (χ4v) is 3.11. The van der Waals surface area contributed by atoms with Gasteiger partial charge in [0.15, 0.2) is 5.13 Å². The van der Waals surface area contributed by atoms with E-state index in [9.17, 15) is 4.79 Å². The molecule has 2 aromatic heterocycles. The molecule has 0 saturated carbocycles. The second kappa shape index (κ2) is 5.50. The molecule has 3 aromatic rings. The summed E-state index contributed by atoms with van der Waals surface area (Å²) in [6, 6.07) is 7.29. The highest BCUT2D eigenvalue weighted by molar-refractivity contribution is 7.14. The highest BCUT2D eigenvalue weighted by Gasteiger charge is 2.13. The number of aromatic amines is 1. The topological polar surface area (TPSA) is 57.8 Å². The predicted molar refractivity (Wildman–Crippen MR) is 87.5 cm³/mol. The molecule has 3 rings (SSSR count). The summed E-state index contributed by atoms with van der Waals surface area (Å²) >= 11 is 7.54. The van der Waals surface area contributed by atoms with Crippen molar-refractivity contribution in [1.82, 2.24) is 9.97 Å². The van der Waals surface area contributed by atoms with Gasteiger partial charge >= 0.3 is 0 Å². The number of rotatable bonds is 3. The Morgan fingerprint density at radius 1 is 1.43 bits per heavy atom. The normalized spacial score (nSPS) is 11.2. The van der Waals surface area contributed by atoms with Crippen LogP contribution in [0, 0.1) is 0 Å². The first-order valence-corrected chi connectivity index (χ1v) is 7.84. The predicted octanol–water partition coefficient (Wildman–Crippen LogP) is 4.65. The molecule has 0 aliphatic heterocycles. The average Bonchev–Trinajstić information content (AvgIpc) is 3.05. The first kappa shape index (κ1) is 14.1. The van der Waals surface area contributed by atoms with Crippen LogP contribution in [0.3, 0.4) is 0 Å². The van der Waals surface area contributed by atoms with Crippen molar-refractivity contribution in [2.45, 2.75) is 19.8 Å². The second-order valence-electron chi connectivity index (χ2n) is 5.07. The van der Waals surface area contributed by atoms with E-state index < -0.39 is 0 Å². The first-order valence-electron chi connectivity index (χ1n) is 6.58. The Morgan fingerprint density at radius 3 is 2.90 bits per heavy atom. The van der Waals surface area contributed by atoms with Gasteiger partial charge in [-0.05, 0) is 24.1 Å². The maximum Gasteiger partial charge on any atom is 0.273 e.